The van der Waals surface area contributed by atoms with Crippen LogP contribution in [0, 0.1) is 0 Å². The van der Waals surface area contributed by atoms with Crippen molar-refractivity contribution in [3.05, 3.63) is 48.3 Å². The third kappa shape index (κ3) is 3.13. The van der Waals surface area contributed by atoms with Crippen molar-refractivity contribution in [2.45, 2.75) is 6.42 Å². The third-order valence-electron chi connectivity index (χ3n) is 2.69. The summed E-state index contributed by atoms with van der Waals surface area (Å²) in [5, 5.41) is 2.87. The van der Waals surface area contributed by atoms with Crippen molar-refractivity contribution in [1.82, 2.24) is 4.98 Å². The fourth-order valence-corrected chi connectivity index (χ4v) is 1.70. The van der Waals surface area contributed by atoms with E-state index in [1.54, 1.807) is 0 Å². The van der Waals surface area contributed by atoms with Crippen molar-refractivity contribution in [2.24, 2.45) is 0 Å². The van der Waals surface area contributed by atoms with E-state index in [0.29, 0.717) is 6.42 Å². The van der Waals surface area contributed by atoms with Crippen LogP contribution in [-0.4, -0.2) is 25.0 Å². The lowest BCUT2D eigenvalue weighted by atomic mass is 10.2. The molecule has 0 aliphatic rings. The van der Waals surface area contributed by atoms with Crippen LogP contribution in [0.1, 0.15) is 5.56 Å². The first-order valence-electron chi connectivity index (χ1n) is 5.84. The lowest BCUT2D eigenvalue weighted by Gasteiger charge is -2.12. The first-order chi connectivity index (χ1) is 8.65. The number of nitrogens with one attached hydrogen (secondary N) is 2. The molecule has 18 heavy (non-hydrogen) atoms. The number of amides is 1. The largest absolute Gasteiger partial charge is 0.378 e. The highest BCUT2D eigenvalue weighted by atomic mass is 16.1. The molecule has 2 aromatic rings. The molecule has 1 heterocycles. The maximum atomic E-state index is 11.8. The Bertz CT molecular complexity index is 500. The Labute approximate surface area is 107 Å². The molecule has 4 nitrogen and oxygen atoms in total. The summed E-state index contributed by atoms with van der Waals surface area (Å²) in [4.78, 5) is 16.7. The van der Waals surface area contributed by atoms with Crippen molar-refractivity contribution >= 4 is 17.3 Å². The Morgan fingerprint density at radius 3 is 2.50 bits per heavy atom. The number of carbonyl (C=O) groups excluding carboxylic acids is 1. The van der Waals surface area contributed by atoms with Gasteiger partial charge in [0.15, 0.2) is 0 Å². The minimum Gasteiger partial charge on any atom is -0.378 e. The monoisotopic (exact) mass is 243 g/mol. The van der Waals surface area contributed by atoms with Gasteiger partial charge in [-0.1, -0.05) is 0 Å². The van der Waals surface area contributed by atoms with Gasteiger partial charge in [-0.15, -0.1) is 0 Å². The first kappa shape index (κ1) is 12.2. The second kappa shape index (κ2) is 5.40. The Morgan fingerprint density at radius 1 is 1.22 bits per heavy atom. The zero-order chi connectivity index (χ0) is 13.0. The number of nitrogens with zero attached hydrogens (tertiary/aromatic N) is 1. The molecular formula is C14H17N3O. The molecule has 1 aromatic heterocycles. The van der Waals surface area contributed by atoms with Gasteiger partial charge in [-0.3, -0.25) is 4.79 Å². The van der Waals surface area contributed by atoms with Crippen molar-refractivity contribution in [3.63, 3.8) is 0 Å². The molecule has 0 aliphatic carbocycles. The van der Waals surface area contributed by atoms with Crippen LogP contribution in [0.4, 0.5) is 11.4 Å². The van der Waals surface area contributed by atoms with E-state index in [1.165, 1.54) is 0 Å². The molecule has 1 amide bonds. The number of hydrogen-bond donors (Lipinski definition) is 2. The SMILES string of the molecule is CN(C)c1ccc(NC(=O)Cc2cc[nH]c2)cc1. The second-order valence-electron chi connectivity index (χ2n) is 4.39. The summed E-state index contributed by atoms with van der Waals surface area (Å²) in [5.41, 5.74) is 2.91. The molecule has 0 spiro atoms. The Hall–Kier alpha value is -2.23. The summed E-state index contributed by atoms with van der Waals surface area (Å²) in [6.45, 7) is 0. The maximum Gasteiger partial charge on any atom is 0.228 e. The molecule has 2 rings (SSSR count). The maximum absolute atomic E-state index is 11.8. The molecule has 0 aliphatic heterocycles. The van der Waals surface area contributed by atoms with E-state index in [-0.39, 0.29) is 5.91 Å². The molecular weight excluding hydrogens is 226 g/mol. The van der Waals surface area contributed by atoms with Crippen molar-refractivity contribution in [3.8, 4) is 0 Å². The number of carbonyl (C=O) groups is 1. The highest BCUT2D eigenvalue weighted by Crippen LogP contribution is 2.15. The van der Waals surface area contributed by atoms with Crippen molar-refractivity contribution in [1.29, 1.82) is 0 Å². The van der Waals surface area contributed by atoms with Gasteiger partial charge in [0.1, 0.15) is 0 Å². The van der Waals surface area contributed by atoms with Gasteiger partial charge < -0.3 is 15.2 Å². The quantitative estimate of drug-likeness (QED) is 0.865. The zero-order valence-electron chi connectivity index (χ0n) is 10.6. The van der Waals surface area contributed by atoms with E-state index in [9.17, 15) is 4.79 Å². The van der Waals surface area contributed by atoms with Crippen LogP contribution in [0.5, 0.6) is 0 Å². The molecule has 94 valence electrons. The standard InChI is InChI=1S/C14H17N3O/c1-17(2)13-5-3-12(4-6-13)16-14(18)9-11-7-8-15-10-11/h3-8,10,15H,9H2,1-2H3,(H,16,18). The van der Waals surface area contributed by atoms with Crippen LogP contribution in [0.15, 0.2) is 42.7 Å². The Balaban J connectivity index is 1.95. The minimum atomic E-state index is -0.00722. The van der Waals surface area contributed by atoms with Crippen LogP contribution in [0.25, 0.3) is 0 Å². The molecule has 0 atom stereocenters. The number of H-pyrrole nitrogens is 1. The topological polar surface area (TPSA) is 48.1 Å². The molecule has 2 N–H and O–H groups in total. The highest BCUT2D eigenvalue weighted by molar-refractivity contribution is 5.92. The van der Waals surface area contributed by atoms with Gasteiger partial charge in [-0.2, -0.15) is 0 Å². The fourth-order valence-electron chi connectivity index (χ4n) is 1.70. The number of hydrogen-bond acceptors (Lipinski definition) is 2. The molecule has 1 aromatic carbocycles. The van der Waals surface area contributed by atoms with Crippen LogP contribution in [0.2, 0.25) is 0 Å². The van der Waals surface area contributed by atoms with E-state index in [1.807, 2.05) is 61.7 Å². The van der Waals surface area contributed by atoms with Gasteiger partial charge in [-0.25, -0.2) is 0 Å². The molecule has 0 fully saturated rings. The molecule has 0 saturated carbocycles. The molecule has 0 saturated heterocycles. The lowest BCUT2D eigenvalue weighted by molar-refractivity contribution is -0.115. The van der Waals surface area contributed by atoms with Gasteiger partial charge >= 0.3 is 0 Å². The van der Waals surface area contributed by atoms with Crippen molar-refractivity contribution < 1.29 is 4.79 Å². The smallest absolute Gasteiger partial charge is 0.228 e. The second-order valence-corrected chi connectivity index (χ2v) is 4.39. The van der Waals surface area contributed by atoms with E-state index in [2.05, 4.69) is 10.3 Å². The zero-order valence-corrected chi connectivity index (χ0v) is 10.6. The van der Waals surface area contributed by atoms with E-state index >= 15 is 0 Å². The minimum absolute atomic E-state index is 0.00722. The fraction of sp³-hybridized carbons (Fsp3) is 0.214. The lowest BCUT2D eigenvalue weighted by Crippen LogP contribution is -2.14. The predicted octanol–water partition coefficient (Wildman–Crippen LogP) is 2.26. The summed E-state index contributed by atoms with van der Waals surface area (Å²) in [7, 11) is 3.97. The van der Waals surface area contributed by atoms with Gasteiger partial charge in [0.2, 0.25) is 5.91 Å². The number of rotatable bonds is 4. The molecule has 0 unspecified atom stereocenters. The van der Waals surface area contributed by atoms with Crippen molar-refractivity contribution in [2.75, 3.05) is 24.3 Å². The predicted molar refractivity (Wildman–Crippen MR) is 73.9 cm³/mol. The number of anilines is 2. The number of aromatic amines is 1. The van der Waals surface area contributed by atoms with Gasteiger partial charge in [0.05, 0.1) is 6.42 Å². The molecule has 0 radical (unpaired) electrons. The summed E-state index contributed by atoms with van der Waals surface area (Å²) in [5.74, 6) is -0.00722. The average Bonchev–Trinajstić information content (AvgIpc) is 2.82. The summed E-state index contributed by atoms with van der Waals surface area (Å²) >= 11 is 0. The number of aromatic nitrogens is 1. The van der Waals surface area contributed by atoms with Crippen LogP contribution in [-0.2, 0) is 11.2 Å². The van der Waals surface area contributed by atoms with Crippen LogP contribution >= 0.6 is 0 Å². The Morgan fingerprint density at radius 2 is 1.94 bits per heavy atom. The average molecular weight is 243 g/mol. The number of benzene rings is 1. The summed E-state index contributed by atoms with van der Waals surface area (Å²) in [6.07, 6.45) is 4.03. The van der Waals surface area contributed by atoms with E-state index in [4.69, 9.17) is 0 Å². The van der Waals surface area contributed by atoms with E-state index < -0.39 is 0 Å². The van der Waals surface area contributed by atoms with E-state index in [0.717, 1.165) is 16.9 Å². The van der Waals surface area contributed by atoms with Crippen LogP contribution in [0.3, 0.4) is 0 Å². The van der Waals surface area contributed by atoms with Gasteiger partial charge in [0.25, 0.3) is 0 Å². The third-order valence-corrected chi connectivity index (χ3v) is 2.69. The summed E-state index contributed by atoms with van der Waals surface area (Å²) < 4.78 is 0. The van der Waals surface area contributed by atoms with Gasteiger partial charge in [-0.05, 0) is 35.9 Å². The summed E-state index contributed by atoms with van der Waals surface area (Å²) in [6, 6.07) is 9.67. The normalized spacial score (nSPS) is 10.1. The first-order valence-corrected chi connectivity index (χ1v) is 5.84. The Kier molecular flexibility index (Phi) is 3.67. The molecule has 4 heteroatoms. The highest BCUT2D eigenvalue weighted by Gasteiger charge is 2.04. The van der Waals surface area contributed by atoms with Crippen LogP contribution < -0.4 is 10.2 Å². The molecule has 0 bridgehead atoms. The van der Waals surface area contributed by atoms with Gasteiger partial charge in [0, 0.05) is 37.9 Å².